The number of amides is 1. The lowest BCUT2D eigenvalue weighted by atomic mass is 10.2. The molecule has 0 aliphatic rings. The zero-order valence-electron chi connectivity index (χ0n) is 12.7. The third-order valence-corrected chi connectivity index (χ3v) is 3.96. The van der Waals surface area contributed by atoms with Crippen LogP contribution in [0.4, 0.5) is 5.69 Å². The molecule has 0 saturated heterocycles. The largest absolute Gasteiger partial charge is 0.333 e. The van der Waals surface area contributed by atoms with E-state index in [2.05, 4.69) is 25.0 Å². The Morgan fingerprint density at radius 2 is 2.09 bits per heavy atom. The van der Waals surface area contributed by atoms with Crippen LogP contribution in [0.1, 0.15) is 24.0 Å². The van der Waals surface area contributed by atoms with Gasteiger partial charge in [0.15, 0.2) is 5.82 Å². The average molecular weight is 329 g/mol. The van der Waals surface area contributed by atoms with Crippen LogP contribution in [-0.2, 0) is 17.6 Å². The molecule has 0 atom stereocenters. The van der Waals surface area contributed by atoms with Crippen molar-refractivity contribution in [1.29, 1.82) is 0 Å². The molecular weight excluding hydrogens is 314 g/mol. The van der Waals surface area contributed by atoms with E-state index in [1.165, 1.54) is 11.5 Å². The number of carbonyl (C=O) groups excluding carboxylic acids is 1. The number of anilines is 1. The van der Waals surface area contributed by atoms with Crippen molar-refractivity contribution in [2.45, 2.75) is 26.7 Å². The summed E-state index contributed by atoms with van der Waals surface area (Å²) in [5.74, 6) is 0.495. The smallest absolute Gasteiger partial charge is 0.271 e. The first-order chi connectivity index (χ1) is 11.2. The lowest BCUT2D eigenvalue weighted by Gasteiger charge is -2.03. The minimum Gasteiger partial charge on any atom is -0.333 e. The molecule has 0 aliphatic heterocycles. The average Bonchev–Trinajstić information content (AvgIpc) is 3.17. The first-order valence-electron chi connectivity index (χ1n) is 7.16. The fourth-order valence-electron chi connectivity index (χ4n) is 2.01. The highest BCUT2D eigenvalue weighted by atomic mass is 32.1. The minimum atomic E-state index is -0.195. The molecule has 7 nitrogen and oxygen atoms in total. The first kappa shape index (κ1) is 15.3. The molecule has 0 spiro atoms. The Labute approximate surface area is 136 Å². The molecule has 23 heavy (non-hydrogen) atoms. The van der Waals surface area contributed by atoms with E-state index >= 15 is 0 Å². The molecule has 0 unspecified atom stereocenters. The number of carbonyl (C=O) groups is 1. The molecule has 0 fully saturated rings. The van der Waals surface area contributed by atoms with Gasteiger partial charge < -0.3 is 9.84 Å². The summed E-state index contributed by atoms with van der Waals surface area (Å²) >= 11 is 1.21. The van der Waals surface area contributed by atoms with Gasteiger partial charge in [-0.15, -0.1) is 5.10 Å². The van der Waals surface area contributed by atoms with Crippen molar-refractivity contribution in [1.82, 2.24) is 19.7 Å². The van der Waals surface area contributed by atoms with Crippen LogP contribution in [-0.4, -0.2) is 25.6 Å². The topological polar surface area (TPSA) is 93.8 Å². The second-order valence-corrected chi connectivity index (χ2v) is 5.76. The molecule has 0 bridgehead atoms. The summed E-state index contributed by atoms with van der Waals surface area (Å²) in [5, 5.41) is 10.7. The van der Waals surface area contributed by atoms with Gasteiger partial charge in [-0.1, -0.05) is 34.3 Å². The Hall–Kier alpha value is -2.61. The molecule has 1 aromatic carbocycles. The zero-order chi connectivity index (χ0) is 16.2. The summed E-state index contributed by atoms with van der Waals surface area (Å²) in [6.45, 7) is 3.97. The van der Waals surface area contributed by atoms with Gasteiger partial charge in [0.1, 0.15) is 4.88 Å². The van der Waals surface area contributed by atoms with E-state index in [1.54, 1.807) is 0 Å². The number of aromatic nitrogens is 4. The highest BCUT2D eigenvalue weighted by molar-refractivity contribution is 7.09. The van der Waals surface area contributed by atoms with Gasteiger partial charge in [-0.3, -0.25) is 4.79 Å². The van der Waals surface area contributed by atoms with Crippen LogP contribution in [0.15, 0.2) is 28.8 Å². The van der Waals surface area contributed by atoms with Gasteiger partial charge in [0, 0.05) is 5.69 Å². The van der Waals surface area contributed by atoms with Crippen LogP contribution in [0.3, 0.4) is 0 Å². The van der Waals surface area contributed by atoms with E-state index in [9.17, 15) is 4.79 Å². The van der Waals surface area contributed by atoms with Crippen LogP contribution in [0.5, 0.6) is 0 Å². The van der Waals surface area contributed by atoms with Gasteiger partial charge >= 0.3 is 0 Å². The summed E-state index contributed by atoms with van der Waals surface area (Å²) in [6, 6.07) is 7.58. The van der Waals surface area contributed by atoms with Crippen molar-refractivity contribution >= 4 is 23.1 Å². The number of nitrogens with one attached hydrogen (secondary N) is 1. The number of nitrogens with zero attached hydrogens (tertiary/aromatic N) is 4. The molecule has 2 heterocycles. The van der Waals surface area contributed by atoms with Crippen molar-refractivity contribution in [3.05, 3.63) is 41.3 Å². The summed E-state index contributed by atoms with van der Waals surface area (Å²) < 4.78 is 9.09. The van der Waals surface area contributed by atoms with E-state index in [1.807, 2.05) is 38.1 Å². The Balaban J connectivity index is 1.67. The zero-order valence-corrected chi connectivity index (χ0v) is 13.6. The lowest BCUT2D eigenvalue weighted by Crippen LogP contribution is -2.15. The van der Waals surface area contributed by atoms with Crippen LogP contribution < -0.4 is 5.32 Å². The number of rotatable bonds is 5. The van der Waals surface area contributed by atoms with E-state index in [4.69, 9.17) is 4.52 Å². The van der Waals surface area contributed by atoms with Crippen molar-refractivity contribution in [2.24, 2.45) is 0 Å². The summed E-state index contributed by atoms with van der Waals surface area (Å²) in [4.78, 5) is 17.0. The fraction of sp³-hybridized carbons (Fsp3) is 0.267. The number of hydrogen-bond donors (Lipinski definition) is 1. The molecule has 1 N–H and O–H groups in total. The van der Waals surface area contributed by atoms with Gasteiger partial charge in [-0.2, -0.15) is 4.98 Å². The fourth-order valence-corrected chi connectivity index (χ4v) is 2.68. The van der Waals surface area contributed by atoms with Gasteiger partial charge in [0.05, 0.1) is 12.1 Å². The highest BCUT2D eigenvalue weighted by Gasteiger charge is 2.17. The highest BCUT2D eigenvalue weighted by Crippen LogP contribution is 2.24. The number of benzene rings is 1. The van der Waals surface area contributed by atoms with E-state index in [-0.39, 0.29) is 12.3 Å². The molecular formula is C15H15N5O2S. The SMILES string of the molecule is CCc1nnsc1-c1nc(CC(=O)Nc2ccc(C)cc2)no1. The predicted molar refractivity (Wildman–Crippen MR) is 86.1 cm³/mol. The van der Waals surface area contributed by atoms with Gasteiger partial charge in [-0.05, 0) is 37.0 Å². The van der Waals surface area contributed by atoms with Crippen molar-refractivity contribution < 1.29 is 9.32 Å². The molecule has 0 saturated carbocycles. The molecule has 2 aromatic heterocycles. The van der Waals surface area contributed by atoms with Crippen molar-refractivity contribution in [3.8, 4) is 10.8 Å². The minimum absolute atomic E-state index is 0.0467. The maximum absolute atomic E-state index is 12.0. The summed E-state index contributed by atoms with van der Waals surface area (Å²) in [6.07, 6.45) is 0.780. The third-order valence-electron chi connectivity index (χ3n) is 3.21. The van der Waals surface area contributed by atoms with E-state index in [0.29, 0.717) is 11.7 Å². The standard InChI is InChI=1S/C15H15N5O2S/c1-3-11-14(23-20-18-11)15-17-12(19-22-15)8-13(21)16-10-6-4-9(2)5-7-10/h4-7H,3,8H2,1-2H3,(H,16,21). The Morgan fingerprint density at radius 3 is 2.83 bits per heavy atom. The Morgan fingerprint density at radius 1 is 1.30 bits per heavy atom. The molecule has 118 valence electrons. The number of aryl methyl sites for hydroxylation is 2. The van der Waals surface area contributed by atoms with Gasteiger partial charge in [0.2, 0.25) is 5.91 Å². The van der Waals surface area contributed by atoms with Crippen LogP contribution >= 0.6 is 11.5 Å². The molecule has 3 aromatic rings. The van der Waals surface area contributed by atoms with Crippen LogP contribution in [0.25, 0.3) is 10.8 Å². The third kappa shape index (κ3) is 3.59. The Bertz CT molecular complexity index is 809. The normalized spacial score (nSPS) is 10.7. The van der Waals surface area contributed by atoms with Gasteiger partial charge in [0.25, 0.3) is 5.89 Å². The summed E-state index contributed by atoms with van der Waals surface area (Å²) in [7, 11) is 0. The molecule has 0 radical (unpaired) electrons. The monoisotopic (exact) mass is 329 g/mol. The predicted octanol–water partition coefficient (Wildman–Crippen LogP) is 2.64. The second kappa shape index (κ2) is 6.66. The first-order valence-corrected chi connectivity index (χ1v) is 7.93. The molecule has 0 aliphatic carbocycles. The summed E-state index contributed by atoms with van der Waals surface area (Å²) in [5.41, 5.74) is 2.69. The molecule has 3 rings (SSSR count). The van der Waals surface area contributed by atoms with Crippen LogP contribution in [0.2, 0.25) is 0 Å². The van der Waals surface area contributed by atoms with Gasteiger partial charge in [-0.25, -0.2) is 0 Å². The van der Waals surface area contributed by atoms with Crippen molar-refractivity contribution in [2.75, 3.05) is 5.32 Å². The molecule has 8 heteroatoms. The second-order valence-electron chi connectivity index (χ2n) is 5.01. The number of hydrogen-bond acceptors (Lipinski definition) is 7. The van der Waals surface area contributed by atoms with Crippen LogP contribution in [0, 0.1) is 6.92 Å². The Kier molecular flexibility index (Phi) is 4.42. The van der Waals surface area contributed by atoms with E-state index in [0.717, 1.165) is 28.2 Å². The lowest BCUT2D eigenvalue weighted by molar-refractivity contribution is -0.115. The quantitative estimate of drug-likeness (QED) is 0.773. The maximum Gasteiger partial charge on any atom is 0.271 e. The van der Waals surface area contributed by atoms with E-state index < -0.39 is 0 Å². The van der Waals surface area contributed by atoms with Crippen molar-refractivity contribution in [3.63, 3.8) is 0 Å². The maximum atomic E-state index is 12.0. The molecule has 1 amide bonds.